The molecule has 0 aliphatic heterocycles. The molecule has 0 saturated carbocycles. The number of aromatic amines is 1. The molecule has 44 heavy (non-hydrogen) atoms. The van der Waals surface area contributed by atoms with Crippen LogP contribution in [0.4, 0.5) is 8.78 Å². The largest absolute Gasteiger partial charge is 0.477 e. The van der Waals surface area contributed by atoms with Gasteiger partial charge in [-0.05, 0) is 17.7 Å². The van der Waals surface area contributed by atoms with Gasteiger partial charge in [-0.2, -0.15) is 8.78 Å². The number of carboxylic acids is 1. The summed E-state index contributed by atoms with van der Waals surface area (Å²) >= 11 is 0.113. The highest BCUT2D eigenvalue weighted by Gasteiger charge is 2.27. The number of carboxylic acid groups (broad SMARTS) is 1. The summed E-state index contributed by atoms with van der Waals surface area (Å²) in [5, 5.41) is 54.6. The molecule has 20 heteroatoms. The lowest BCUT2D eigenvalue weighted by Crippen LogP contribution is -2.49. The van der Waals surface area contributed by atoms with E-state index in [2.05, 4.69) is 25.7 Å². The van der Waals surface area contributed by atoms with E-state index in [1.54, 1.807) is 12.1 Å². The second-order valence-electron chi connectivity index (χ2n) is 9.16. The summed E-state index contributed by atoms with van der Waals surface area (Å²) in [5.41, 5.74) is 1.08. The van der Waals surface area contributed by atoms with Crippen molar-refractivity contribution in [2.24, 2.45) is 0 Å². The second kappa shape index (κ2) is 17.9. The van der Waals surface area contributed by atoms with Gasteiger partial charge < -0.3 is 40.8 Å². The van der Waals surface area contributed by atoms with Gasteiger partial charge in [-0.1, -0.05) is 42.1 Å². The Balaban J connectivity index is 0.000000308. The van der Waals surface area contributed by atoms with E-state index in [1.807, 2.05) is 18.2 Å². The summed E-state index contributed by atoms with van der Waals surface area (Å²) in [6, 6.07) is 11.8. The molecule has 0 radical (unpaired) electrons. The molecule has 2 heterocycles. The second-order valence-corrected chi connectivity index (χ2v) is 10.1. The number of nitrogens with zero attached hydrogens (tertiary/aromatic N) is 3. The number of hydrogen-bond donors (Lipinski definition) is 8. The Hall–Kier alpha value is -4.10. The molecule has 0 saturated heterocycles. The number of nitrogens with one attached hydrogen (secondary N) is 3. The van der Waals surface area contributed by atoms with Gasteiger partial charge in [0.15, 0.2) is 5.78 Å². The van der Waals surface area contributed by atoms with Crippen LogP contribution in [0.2, 0.25) is 0 Å². The van der Waals surface area contributed by atoms with E-state index in [0.717, 1.165) is 5.56 Å². The standard InChI is InChI=1S/C14H17BN4O4.C10H13BF2N2O5S/c1-10(20)14-16-9-19(18-14)8-12(15(22)23)17-13(21)7-11-5-3-2-4-6-11;12-10(13)21-4-8(16)15-7(11(19)20)3-5-1-2-6(14-5)9(17)18/h2-6,9,12,22-23H,7-8H2,1H3,(H,17,21);1-2,7,10,14,19-20H,3-4H2,(H,15,16)(H,17,18)/t12-;7-/m11/s1. The number of aromatic carboxylic acids is 1. The lowest BCUT2D eigenvalue weighted by atomic mass is 9.77. The number of Topliss-reactive ketones (excluding diaryl/α,β-unsaturated/α-hetero) is 1. The summed E-state index contributed by atoms with van der Waals surface area (Å²) in [7, 11) is -3.68. The van der Waals surface area contributed by atoms with Crippen LogP contribution in [0.1, 0.15) is 39.3 Å². The minimum atomic E-state index is -2.70. The topological polar surface area (TPSA) is 240 Å². The van der Waals surface area contributed by atoms with E-state index < -0.39 is 49.5 Å². The number of carbonyl (C=O) groups excluding carboxylic acids is 3. The fraction of sp³-hybridized carbons (Fsp3) is 0.333. The van der Waals surface area contributed by atoms with Gasteiger partial charge in [-0.15, -0.1) is 5.10 Å². The summed E-state index contributed by atoms with van der Waals surface area (Å²) < 4.78 is 25.2. The maximum absolute atomic E-state index is 12.0. The van der Waals surface area contributed by atoms with Crippen LogP contribution in [0, 0.1) is 0 Å². The minimum absolute atomic E-state index is 0.0154. The smallest absolute Gasteiger partial charge is 0.477 e. The number of halogens is 2. The third-order valence-corrected chi connectivity index (χ3v) is 6.29. The monoisotopic (exact) mass is 638 g/mol. The van der Waals surface area contributed by atoms with Gasteiger partial charge in [0.2, 0.25) is 17.6 Å². The number of amides is 2. The molecule has 0 fully saturated rings. The van der Waals surface area contributed by atoms with Crippen LogP contribution in [0.25, 0.3) is 0 Å². The van der Waals surface area contributed by atoms with Crippen molar-refractivity contribution >= 4 is 49.6 Å². The van der Waals surface area contributed by atoms with Crippen LogP contribution in [0.5, 0.6) is 0 Å². The van der Waals surface area contributed by atoms with E-state index in [9.17, 15) is 48.1 Å². The molecule has 15 nitrogen and oxygen atoms in total. The van der Waals surface area contributed by atoms with E-state index >= 15 is 0 Å². The van der Waals surface area contributed by atoms with Crippen LogP contribution in [0.3, 0.4) is 0 Å². The van der Waals surface area contributed by atoms with Crippen LogP contribution < -0.4 is 10.6 Å². The van der Waals surface area contributed by atoms with Gasteiger partial charge in [-0.25, -0.2) is 9.78 Å². The predicted octanol–water partition coefficient (Wildman–Crippen LogP) is -1.07. The normalized spacial score (nSPS) is 12.0. The maximum Gasteiger partial charge on any atom is 0.477 e. The number of aromatic nitrogens is 4. The number of carbonyl (C=O) groups is 4. The first-order chi connectivity index (χ1) is 20.7. The fourth-order valence-electron chi connectivity index (χ4n) is 3.54. The zero-order valence-corrected chi connectivity index (χ0v) is 24.0. The van der Waals surface area contributed by atoms with Crippen LogP contribution in [-0.4, -0.2) is 106 Å². The molecular weight excluding hydrogens is 608 g/mol. The first kappa shape index (κ1) is 36.1. The van der Waals surface area contributed by atoms with Crippen LogP contribution in [-0.2, 0) is 29.0 Å². The molecule has 2 atom stereocenters. The molecule has 3 aromatic rings. The highest BCUT2D eigenvalue weighted by Crippen LogP contribution is 2.13. The van der Waals surface area contributed by atoms with Crippen molar-refractivity contribution in [1.29, 1.82) is 0 Å². The van der Waals surface area contributed by atoms with Gasteiger partial charge in [0.1, 0.15) is 12.0 Å². The molecule has 0 aliphatic rings. The number of hydrogen-bond acceptors (Lipinski definition) is 11. The van der Waals surface area contributed by atoms with E-state index in [-0.39, 0.29) is 54.4 Å². The Bertz CT molecular complexity index is 1380. The number of H-pyrrole nitrogens is 1. The average molecular weight is 638 g/mol. The van der Waals surface area contributed by atoms with Crippen LogP contribution in [0.15, 0.2) is 48.8 Å². The van der Waals surface area contributed by atoms with E-state index in [4.69, 9.17) is 5.11 Å². The quantitative estimate of drug-likeness (QED) is 0.0734. The SMILES string of the molecule is CC(=O)c1ncn(C[C@@H](NC(=O)Cc2ccccc2)B(O)O)n1.O=C(CSC(F)F)N[C@H](Cc1ccc(C(=O)O)[nH]1)B(O)O. The van der Waals surface area contributed by atoms with Crippen molar-refractivity contribution in [3.8, 4) is 0 Å². The van der Waals surface area contributed by atoms with E-state index in [1.165, 1.54) is 30.1 Å². The lowest BCUT2D eigenvalue weighted by Gasteiger charge is -2.17. The number of alkyl halides is 2. The van der Waals surface area contributed by atoms with Crippen molar-refractivity contribution in [2.45, 2.75) is 43.9 Å². The first-order valence-electron chi connectivity index (χ1n) is 12.8. The number of benzene rings is 1. The van der Waals surface area contributed by atoms with Crippen molar-refractivity contribution in [3.05, 3.63) is 71.6 Å². The molecule has 2 aromatic heterocycles. The summed E-state index contributed by atoms with van der Waals surface area (Å²) in [6.45, 7) is 1.32. The number of thioether (sulfide) groups is 1. The van der Waals surface area contributed by atoms with Crippen molar-refractivity contribution in [2.75, 3.05) is 5.75 Å². The molecule has 0 aliphatic carbocycles. The molecule has 3 rings (SSSR count). The van der Waals surface area contributed by atoms with Gasteiger partial charge in [-0.3, -0.25) is 19.1 Å². The Morgan fingerprint density at radius 2 is 1.61 bits per heavy atom. The molecule has 0 unspecified atom stereocenters. The molecular formula is C24H30B2F2N6O9S. The molecule has 1 aromatic carbocycles. The lowest BCUT2D eigenvalue weighted by molar-refractivity contribution is -0.121. The third kappa shape index (κ3) is 13.0. The molecule has 8 N–H and O–H groups in total. The average Bonchev–Trinajstić information content (AvgIpc) is 3.62. The van der Waals surface area contributed by atoms with E-state index in [0.29, 0.717) is 5.69 Å². The van der Waals surface area contributed by atoms with Crippen molar-refractivity contribution in [3.63, 3.8) is 0 Å². The van der Waals surface area contributed by atoms with Gasteiger partial charge >= 0.3 is 20.2 Å². The first-order valence-corrected chi connectivity index (χ1v) is 13.9. The molecule has 0 spiro atoms. The predicted molar refractivity (Wildman–Crippen MR) is 154 cm³/mol. The van der Waals surface area contributed by atoms with Crippen molar-refractivity contribution in [1.82, 2.24) is 30.4 Å². The Labute approximate surface area is 254 Å². The molecule has 0 bridgehead atoms. The van der Waals surface area contributed by atoms with Crippen molar-refractivity contribution < 1.29 is 53.2 Å². The van der Waals surface area contributed by atoms with Crippen LogP contribution >= 0.6 is 11.8 Å². The zero-order valence-electron chi connectivity index (χ0n) is 23.2. The van der Waals surface area contributed by atoms with Gasteiger partial charge in [0.25, 0.3) is 5.76 Å². The highest BCUT2D eigenvalue weighted by atomic mass is 32.2. The summed E-state index contributed by atoms with van der Waals surface area (Å²) in [5.74, 6) is -7.89. The fourth-order valence-corrected chi connectivity index (χ4v) is 3.90. The Morgan fingerprint density at radius 1 is 0.977 bits per heavy atom. The number of ketones is 1. The minimum Gasteiger partial charge on any atom is -0.477 e. The maximum atomic E-state index is 12.0. The summed E-state index contributed by atoms with van der Waals surface area (Å²) in [4.78, 5) is 51.5. The highest BCUT2D eigenvalue weighted by molar-refractivity contribution is 8.00. The molecule has 236 valence electrons. The Kier molecular flexibility index (Phi) is 14.7. The summed E-state index contributed by atoms with van der Waals surface area (Å²) in [6.07, 6.45) is 1.34. The van der Waals surface area contributed by atoms with Gasteiger partial charge in [0, 0.05) is 19.0 Å². The zero-order chi connectivity index (χ0) is 32.8. The third-order valence-electron chi connectivity index (χ3n) is 5.61. The number of rotatable bonds is 15. The molecule has 2 amide bonds. The Morgan fingerprint density at radius 3 is 2.14 bits per heavy atom. The van der Waals surface area contributed by atoms with Gasteiger partial charge in [0.05, 0.1) is 30.6 Å².